The summed E-state index contributed by atoms with van der Waals surface area (Å²) in [6, 6.07) is 65.9. The van der Waals surface area contributed by atoms with Crippen molar-refractivity contribution < 1.29 is 0 Å². The molecule has 0 aliphatic heterocycles. The second-order valence-corrected chi connectivity index (χ2v) is 15.7. The van der Waals surface area contributed by atoms with Crippen LogP contribution >= 0.6 is 0 Å². The number of fused-ring (bicyclic) bond motifs is 7. The standard InChI is InChI=1S/C53H35N/c1-53(2)47-19-7-5-16-41(47)45-31-50-46(30-48(45)53)42-17-6-8-20-49(42)54(50)36-14-9-13-35(29-36)38-25-21-33-24-28-44-40(26-22-34-23-27-43(38)51(33)52(34)44)39-18-10-12-32-11-3-4-15-37(32)39/h3-31H,1-2H3. The van der Waals surface area contributed by atoms with Crippen LogP contribution in [0.4, 0.5) is 0 Å². The summed E-state index contributed by atoms with van der Waals surface area (Å²) in [6.45, 7) is 4.74. The summed E-state index contributed by atoms with van der Waals surface area (Å²) >= 11 is 0. The van der Waals surface area contributed by atoms with Crippen molar-refractivity contribution in [2.45, 2.75) is 19.3 Å². The average Bonchev–Trinajstić information content (AvgIpc) is 3.66. The van der Waals surface area contributed by atoms with Crippen LogP contribution in [0, 0.1) is 0 Å². The maximum Gasteiger partial charge on any atom is 0.0547 e. The van der Waals surface area contributed by atoms with E-state index in [0.29, 0.717) is 0 Å². The van der Waals surface area contributed by atoms with Gasteiger partial charge in [0.1, 0.15) is 0 Å². The summed E-state index contributed by atoms with van der Waals surface area (Å²) < 4.78 is 2.48. The van der Waals surface area contributed by atoms with Gasteiger partial charge in [-0.25, -0.2) is 0 Å². The summed E-state index contributed by atoms with van der Waals surface area (Å²) in [6.07, 6.45) is 0. The van der Waals surface area contributed by atoms with Crippen LogP contribution in [-0.4, -0.2) is 4.57 Å². The molecule has 0 amide bonds. The van der Waals surface area contributed by atoms with Crippen LogP contribution in [0.3, 0.4) is 0 Å². The van der Waals surface area contributed by atoms with Crippen LogP contribution in [-0.2, 0) is 5.41 Å². The number of benzene rings is 10. The monoisotopic (exact) mass is 685 g/mol. The van der Waals surface area contributed by atoms with Crippen LogP contribution in [0.15, 0.2) is 176 Å². The summed E-state index contributed by atoms with van der Waals surface area (Å²) in [5.41, 5.74) is 14.2. The second-order valence-electron chi connectivity index (χ2n) is 15.7. The zero-order valence-electron chi connectivity index (χ0n) is 30.2. The quantitative estimate of drug-likeness (QED) is 0.163. The fraction of sp³-hybridized carbons (Fsp3) is 0.0566. The zero-order valence-corrected chi connectivity index (χ0v) is 30.2. The Morgan fingerprint density at radius 2 is 0.981 bits per heavy atom. The predicted molar refractivity (Wildman–Crippen MR) is 230 cm³/mol. The van der Waals surface area contributed by atoms with Crippen molar-refractivity contribution in [2.75, 3.05) is 0 Å². The third kappa shape index (κ3) is 3.94. The highest BCUT2D eigenvalue weighted by Gasteiger charge is 2.36. The molecule has 0 saturated carbocycles. The first-order chi connectivity index (χ1) is 26.5. The molecule has 0 radical (unpaired) electrons. The van der Waals surface area contributed by atoms with E-state index in [1.165, 1.54) is 115 Å². The first-order valence-corrected chi connectivity index (χ1v) is 19.0. The van der Waals surface area contributed by atoms with E-state index >= 15 is 0 Å². The molecule has 0 bridgehead atoms. The van der Waals surface area contributed by atoms with Gasteiger partial charge in [0, 0.05) is 21.9 Å². The van der Waals surface area contributed by atoms with E-state index in [2.05, 4.69) is 194 Å². The lowest BCUT2D eigenvalue weighted by molar-refractivity contribution is 0.661. The smallest absolute Gasteiger partial charge is 0.0547 e. The Morgan fingerprint density at radius 3 is 1.83 bits per heavy atom. The van der Waals surface area contributed by atoms with Crippen molar-refractivity contribution >= 4 is 64.9 Å². The Labute approximate surface area is 313 Å². The Bertz CT molecular complexity index is 3350. The van der Waals surface area contributed by atoms with Crippen molar-refractivity contribution in [1.29, 1.82) is 0 Å². The molecular weight excluding hydrogens is 651 g/mol. The van der Waals surface area contributed by atoms with Crippen LogP contribution in [0.25, 0.3) is 104 Å². The van der Waals surface area contributed by atoms with Gasteiger partial charge in [0.2, 0.25) is 0 Å². The minimum Gasteiger partial charge on any atom is -0.309 e. The number of para-hydroxylation sites is 1. The van der Waals surface area contributed by atoms with Crippen molar-refractivity contribution in [2.24, 2.45) is 0 Å². The minimum atomic E-state index is -0.0477. The number of aromatic nitrogens is 1. The highest BCUT2D eigenvalue weighted by molar-refractivity contribution is 6.28. The first-order valence-electron chi connectivity index (χ1n) is 19.0. The Balaban J connectivity index is 1.08. The van der Waals surface area contributed by atoms with E-state index in [0.717, 1.165) is 0 Å². The predicted octanol–water partition coefficient (Wildman–Crippen LogP) is 14.5. The van der Waals surface area contributed by atoms with Crippen molar-refractivity contribution in [3.8, 4) is 39.1 Å². The molecule has 252 valence electrons. The van der Waals surface area contributed by atoms with Gasteiger partial charge in [-0.05, 0) is 118 Å². The van der Waals surface area contributed by atoms with E-state index in [9.17, 15) is 0 Å². The summed E-state index contributed by atoms with van der Waals surface area (Å²) in [4.78, 5) is 0. The highest BCUT2D eigenvalue weighted by Crippen LogP contribution is 2.51. The van der Waals surface area contributed by atoms with Gasteiger partial charge in [0.15, 0.2) is 0 Å². The van der Waals surface area contributed by atoms with Crippen LogP contribution in [0.1, 0.15) is 25.0 Å². The average molecular weight is 686 g/mol. The molecule has 0 saturated heterocycles. The van der Waals surface area contributed by atoms with E-state index in [4.69, 9.17) is 0 Å². The molecule has 11 aromatic rings. The topological polar surface area (TPSA) is 4.93 Å². The van der Waals surface area contributed by atoms with Gasteiger partial charge in [-0.1, -0.05) is 159 Å². The molecule has 1 aliphatic rings. The molecule has 1 heteroatoms. The lowest BCUT2D eigenvalue weighted by Gasteiger charge is -2.21. The first kappa shape index (κ1) is 29.8. The van der Waals surface area contributed by atoms with Gasteiger partial charge in [0.05, 0.1) is 11.0 Å². The fourth-order valence-electron chi connectivity index (χ4n) is 10.0. The van der Waals surface area contributed by atoms with Crippen molar-refractivity contribution in [3.63, 3.8) is 0 Å². The molecule has 54 heavy (non-hydrogen) atoms. The lowest BCUT2D eigenvalue weighted by atomic mass is 9.82. The number of rotatable bonds is 3. The fourth-order valence-corrected chi connectivity index (χ4v) is 10.0. The van der Waals surface area contributed by atoms with Crippen molar-refractivity contribution in [1.82, 2.24) is 4.57 Å². The molecule has 1 aromatic heterocycles. The molecule has 0 unspecified atom stereocenters. The molecule has 1 aliphatic carbocycles. The third-order valence-corrected chi connectivity index (χ3v) is 12.5. The second kappa shape index (κ2) is 10.7. The summed E-state index contributed by atoms with van der Waals surface area (Å²) in [5.74, 6) is 0. The molecule has 0 spiro atoms. The van der Waals surface area contributed by atoms with Gasteiger partial charge >= 0.3 is 0 Å². The zero-order chi connectivity index (χ0) is 35.7. The van der Waals surface area contributed by atoms with Crippen LogP contribution in [0.2, 0.25) is 0 Å². The highest BCUT2D eigenvalue weighted by atomic mass is 15.0. The maximum atomic E-state index is 2.48. The van der Waals surface area contributed by atoms with E-state index < -0.39 is 0 Å². The molecule has 12 rings (SSSR count). The van der Waals surface area contributed by atoms with E-state index in [1.807, 2.05) is 0 Å². The van der Waals surface area contributed by atoms with Crippen LogP contribution in [0.5, 0.6) is 0 Å². The third-order valence-electron chi connectivity index (χ3n) is 12.5. The molecule has 0 N–H and O–H groups in total. The van der Waals surface area contributed by atoms with Gasteiger partial charge in [-0.3, -0.25) is 0 Å². The largest absolute Gasteiger partial charge is 0.309 e. The van der Waals surface area contributed by atoms with Crippen LogP contribution < -0.4 is 0 Å². The molecule has 10 aromatic carbocycles. The molecule has 1 heterocycles. The summed E-state index contributed by atoms with van der Waals surface area (Å²) in [7, 11) is 0. The number of nitrogens with zero attached hydrogens (tertiary/aromatic N) is 1. The van der Waals surface area contributed by atoms with Gasteiger partial charge in [-0.15, -0.1) is 0 Å². The normalized spacial score (nSPS) is 13.5. The lowest BCUT2D eigenvalue weighted by Crippen LogP contribution is -2.14. The Hall–Kier alpha value is -6.70. The Kier molecular flexibility index (Phi) is 5.90. The molecule has 0 atom stereocenters. The van der Waals surface area contributed by atoms with E-state index in [1.54, 1.807) is 0 Å². The van der Waals surface area contributed by atoms with Crippen molar-refractivity contribution in [3.05, 3.63) is 187 Å². The number of hydrogen-bond acceptors (Lipinski definition) is 0. The minimum absolute atomic E-state index is 0.0477. The van der Waals surface area contributed by atoms with Gasteiger partial charge in [-0.2, -0.15) is 0 Å². The Morgan fingerprint density at radius 1 is 0.352 bits per heavy atom. The SMILES string of the molecule is CC1(C)c2ccccc2-c2cc3c(cc21)c1ccccc1n3-c1cccc(-c2ccc3ccc4c(-c5cccc6ccccc56)ccc5ccc2c3c54)c1. The maximum absolute atomic E-state index is 2.48. The molecule has 0 fully saturated rings. The van der Waals surface area contributed by atoms with E-state index in [-0.39, 0.29) is 5.41 Å². The number of hydrogen-bond donors (Lipinski definition) is 0. The van der Waals surface area contributed by atoms with Gasteiger partial charge < -0.3 is 4.57 Å². The summed E-state index contributed by atoms with van der Waals surface area (Å²) in [5, 5.41) is 13.0. The van der Waals surface area contributed by atoms with Gasteiger partial charge in [0.25, 0.3) is 0 Å². The molecular formula is C53H35N. The molecule has 1 nitrogen and oxygen atoms in total.